The van der Waals surface area contributed by atoms with Crippen LogP contribution in [0.15, 0.2) is 60.7 Å². The highest BCUT2D eigenvalue weighted by molar-refractivity contribution is 6.31. The van der Waals surface area contributed by atoms with Gasteiger partial charge < -0.3 is 21.9 Å². The molecule has 0 aliphatic rings. The van der Waals surface area contributed by atoms with Crippen molar-refractivity contribution in [1.82, 2.24) is 9.88 Å². The smallest absolute Gasteiger partial charge is 0.119 e. The Morgan fingerprint density at radius 1 is 0.861 bits per heavy atom. The molecule has 1 aromatic heterocycles. The van der Waals surface area contributed by atoms with Gasteiger partial charge in [-0.05, 0) is 92.5 Å². The number of hydrogen-bond donors (Lipinski definition) is 3. The lowest BCUT2D eigenvalue weighted by molar-refractivity contribution is 0.258. The van der Waals surface area contributed by atoms with Crippen molar-refractivity contribution < 1.29 is 4.74 Å². The van der Waals surface area contributed by atoms with Crippen LogP contribution in [-0.2, 0) is 6.54 Å². The van der Waals surface area contributed by atoms with Crippen LogP contribution in [0.25, 0.3) is 21.8 Å². The molecule has 1 atom stereocenters. The topological polar surface area (TPSA) is 103 Å². The van der Waals surface area contributed by atoms with Gasteiger partial charge in [0.1, 0.15) is 5.75 Å². The third-order valence-electron chi connectivity index (χ3n) is 6.65. The lowest BCUT2D eigenvalue weighted by Crippen LogP contribution is -2.27. The van der Waals surface area contributed by atoms with Gasteiger partial charge in [-0.25, -0.2) is 4.98 Å². The Morgan fingerprint density at radius 2 is 1.61 bits per heavy atom. The first-order chi connectivity index (χ1) is 17.5. The fraction of sp³-hybridized carbons (Fsp3) is 0.345. The zero-order valence-electron chi connectivity index (χ0n) is 20.9. The zero-order chi connectivity index (χ0) is 25.5. The van der Waals surface area contributed by atoms with E-state index in [2.05, 4.69) is 29.2 Å². The molecule has 1 unspecified atom stereocenters. The molecule has 0 amide bonds. The highest BCUT2D eigenvalue weighted by Crippen LogP contribution is 2.35. The highest BCUT2D eigenvalue weighted by Gasteiger charge is 2.18. The number of ether oxygens (including phenoxy) is 1. The van der Waals surface area contributed by atoms with Gasteiger partial charge in [-0.15, -0.1) is 0 Å². The average molecular weight is 506 g/mol. The summed E-state index contributed by atoms with van der Waals surface area (Å²) in [5, 5.41) is 2.62. The summed E-state index contributed by atoms with van der Waals surface area (Å²) in [6, 6.07) is 20.0. The quantitative estimate of drug-likeness (QED) is 0.185. The SMILES string of the molecule is COc1ccc2nc3cc(Cl)ccc3c(C(N)c3ccc(CN(CCCN)CCCCN)cc3)c2c1. The van der Waals surface area contributed by atoms with Crippen molar-refractivity contribution in [2.75, 3.05) is 33.3 Å². The van der Waals surface area contributed by atoms with E-state index >= 15 is 0 Å². The molecule has 0 saturated carbocycles. The van der Waals surface area contributed by atoms with Gasteiger partial charge in [0.25, 0.3) is 0 Å². The molecule has 4 rings (SSSR count). The molecule has 6 N–H and O–H groups in total. The second kappa shape index (κ2) is 12.5. The van der Waals surface area contributed by atoms with Crippen molar-refractivity contribution in [3.05, 3.63) is 82.4 Å². The molecule has 190 valence electrons. The van der Waals surface area contributed by atoms with Crippen molar-refractivity contribution in [2.24, 2.45) is 17.2 Å². The van der Waals surface area contributed by atoms with Crippen molar-refractivity contribution >= 4 is 33.4 Å². The van der Waals surface area contributed by atoms with Gasteiger partial charge in [0, 0.05) is 22.3 Å². The number of nitrogens with zero attached hydrogens (tertiary/aromatic N) is 2. The van der Waals surface area contributed by atoms with E-state index in [0.29, 0.717) is 11.6 Å². The average Bonchev–Trinajstić information content (AvgIpc) is 2.90. The van der Waals surface area contributed by atoms with Crippen LogP contribution in [0, 0.1) is 0 Å². The van der Waals surface area contributed by atoms with Gasteiger partial charge in [-0.1, -0.05) is 41.9 Å². The number of aromatic nitrogens is 1. The predicted molar refractivity (Wildman–Crippen MR) is 151 cm³/mol. The molecule has 0 bridgehead atoms. The Morgan fingerprint density at radius 3 is 2.33 bits per heavy atom. The number of nitrogens with two attached hydrogens (primary N) is 3. The van der Waals surface area contributed by atoms with Crippen molar-refractivity contribution in [3.63, 3.8) is 0 Å². The van der Waals surface area contributed by atoms with Gasteiger partial charge in [-0.3, -0.25) is 4.90 Å². The van der Waals surface area contributed by atoms with E-state index in [1.54, 1.807) is 7.11 Å². The van der Waals surface area contributed by atoms with E-state index in [-0.39, 0.29) is 6.04 Å². The number of pyridine rings is 1. The molecule has 0 aliphatic carbocycles. The Balaban J connectivity index is 1.66. The first-order valence-corrected chi connectivity index (χ1v) is 13.0. The minimum atomic E-state index is -0.335. The molecular weight excluding hydrogens is 470 g/mol. The number of methoxy groups -OCH3 is 1. The largest absolute Gasteiger partial charge is 0.497 e. The summed E-state index contributed by atoms with van der Waals surface area (Å²) in [7, 11) is 1.67. The molecule has 0 aliphatic heterocycles. The first kappa shape index (κ1) is 26.3. The van der Waals surface area contributed by atoms with Crippen LogP contribution in [0.4, 0.5) is 0 Å². The summed E-state index contributed by atoms with van der Waals surface area (Å²) in [6.07, 6.45) is 3.12. The van der Waals surface area contributed by atoms with E-state index in [9.17, 15) is 0 Å². The number of halogens is 1. The summed E-state index contributed by atoms with van der Waals surface area (Å²) >= 11 is 6.29. The van der Waals surface area contributed by atoms with E-state index in [4.69, 9.17) is 38.5 Å². The third-order valence-corrected chi connectivity index (χ3v) is 6.88. The summed E-state index contributed by atoms with van der Waals surface area (Å²) < 4.78 is 5.50. The highest BCUT2D eigenvalue weighted by atomic mass is 35.5. The summed E-state index contributed by atoms with van der Waals surface area (Å²) in [5.74, 6) is 0.772. The third kappa shape index (κ3) is 6.14. The fourth-order valence-corrected chi connectivity index (χ4v) is 4.88. The van der Waals surface area contributed by atoms with Gasteiger partial charge in [0.05, 0.1) is 24.2 Å². The number of hydrogen-bond acceptors (Lipinski definition) is 6. The summed E-state index contributed by atoms with van der Waals surface area (Å²) in [5.41, 5.74) is 23.4. The van der Waals surface area contributed by atoms with E-state index in [1.165, 1.54) is 5.56 Å². The van der Waals surface area contributed by atoms with E-state index < -0.39 is 0 Å². The van der Waals surface area contributed by atoms with Crippen LogP contribution < -0.4 is 21.9 Å². The molecular formula is C29H36ClN5O. The van der Waals surface area contributed by atoms with Gasteiger partial charge >= 0.3 is 0 Å². The fourth-order valence-electron chi connectivity index (χ4n) is 4.71. The molecule has 0 saturated heterocycles. The minimum absolute atomic E-state index is 0.335. The van der Waals surface area contributed by atoms with Gasteiger partial charge in [-0.2, -0.15) is 0 Å². The molecule has 7 heteroatoms. The number of fused-ring (bicyclic) bond motifs is 2. The van der Waals surface area contributed by atoms with Crippen molar-refractivity contribution in [2.45, 2.75) is 31.8 Å². The number of unbranched alkanes of at least 4 members (excludes halogenated alkanes) is 1. The number of rotatable bonds is 12. The Labute approximate surface area is 218 Å². The van der Waals surface area contributed by atoms with Gasteiger partial charge in [0.15, 0.2) is 0 Å². The molecule has 3 aromatic carbocycles. The Kier molecular flexibility index (Phi) is 9.13. The molecule has 0 spiro atoms. The maximum Gasteiger partial charge on any atom is 0.119 e. The van der Waals surface area contributed by atoms with Crippen LogP contribution in [0.5, 0.6) is 5.75 Å². The Bertz CT molecular complexity index is 1290. The second-order valence-electron chi connectivity index (χ2n) is 9.20. The lowest BCUT2D eigenvalue weighted by atomic mass is 9.92. The van der Waals surface area contributed by atoms with Crippen LogP contribution in [0.2, 0.25) is 5.02 Å². The first-order valence-electron chi connectivity index (χ1n) is 12.6. The normalized spacial score (nSPS) is 12.5. The summed E-state index contributed by atoms with van der Waals surface area (Å²) in [4.78, 5) is 7.29. The predicted octanol–water partition coefficient (Wildman–Crippen LogP) is 4.99. The molecule has 0 fully saturated rings. The van der Waals surface area contributed by atoms with E-state index in [0.717, 1.165) is 84.1 Å². The molecule has 36 heavy (non-hydrogen) atoms. The van der Waals surface area contributed by atoms with Crippen LogP contribution >= 0.6 is 11.6 Å². The van der Waals surface area contributed by atoms with Crippen molar-refractivity contribution in [3.8, 4) is 5.75 Å². The maximum absolute atomic E-state index is 6.94. The molecule has 0 radical (unpaired) electrons. The van der Waals surface area contributed by atoms with Gasteiger partial charge in [0.2, 0.25) is 0 Å². The molecule has 4 aromatic rings. The van der Waals surface area contributed by atoms with Crippen LogP contribution in [0.1, 0.15) is 42.0 Å². The molecule has 6 nitrogen and oxygen atoms in total. The standard InChI is InChI=1S/C29H36ClN5O/c1-36-23-10-12-26-25(18-23)28(24-11-9-22(30)17-27(24)34-26)29(33)21-7-5-20(6-8-21)19-35(16-4-14-32)15-3-2-13-31/h5-12,17-18,29H,2-4,13-16,19,31-33H2,1H3. The zero-order valence-corrected chi connectivity index (χ0v) is 21.7. The second-order valence-corrected chi connectivity index (χ2v) is 9.64. The Hall–Kier alpha value is -2.74. The monoisotopic (exact) mass is 505 g/mol. The van der Waals surface area contributed by atoms with E-state index in [1.807, 2.05) is 36.4 Å². The van der Waals surface area contributed by atoms with Crippen molar-refractivity contribution in [1.29, 1.82) is 0 Å². The minimum Gasteiger partial charge on any atom is -0.497 e. The summed E-state index contributed by atoms with van der Waals surface area (Å²) in [6.45, 7) is 4.33. The maximum atomic E-state index is 6.94. The number of benzene rings is 3. The van der Waals surface area contributed by atoms with Crippen LogP contribution in [-0.4, -0.2) is 43.2 Å². The lowest BCUT2D eigenvalue weighted by Gasteiger charge is -2.23. The van der Waals surface area contributed by atoms with Crippen LogP contribution in [0.3, 0.4) is 0 Å². The molecule has 1 heterocycles.